The van der Waals surface area contributed by atoms with Gasteiger partial charge in [0.2, 0.25) is 0 Å². The Bertz CT molecular complexity index is 1220. The third-order valence-electron chi connectivity index (χ3n) is 8.07. The summed E-state index contributed by atoms with van der Waals surface area (Å²) in [5.41, 5.74) is 0. The van der Waals surface area contributed by atoms with Crippen LogP contribution in [0, 0.1) is 0 Å². The maximum Gasteiger partial charge on any atom is 0.335 e. The van der Waals surface area contributed by atoms with Gasteiger partial charge >= 0.3 is 23.9 Å². The molecule has 4 heterocycles. The summed E-state index contributed by atoms with van der Waals surface area (Å²) in [6, 6.07) is 0. The molecule has 25 nitrogen and oxygen atoms in total. The number of hydrogen-bond donors (Lipinski definition) is 14. The van der Waals surface area contributed by atoms with Crippen LogP contribution >= 0.6 is 0 Å². The van der Waals surface area contributed by atoms with Crippen LogP contribution in [0.1, 0.15) is 0 Å². The fourth-order valence-electron chi connectivity index (χ4n) is 5.43. The fraction of sp³-hybridized carbons (Fsp3) is 0.833. The van der Waals surface area contributed by atoms with E-state index in [1.165, 1.54) is 0 Å². The summed E-state index contributed by atoms with van der Waals surface area (Å²) in [7, 11) is 0. The van der Waals surface area contributed by atoms with Crippen molar-refractivity contribution in [2.24, 2.45) is 0 Å². The third kappa shape index (κ3) is 7.62. The molecule has 4 aliphatic heterocycles. The highest BCUT2D eigenvalue weighted by atomic mass is 16.8. The van der Waals surface area contributed by atoms with E-state index in [-0.39, 0.29) is 0 Å². The number of rotatable bonds is 10. The SMILES string of the molecule is O=C(O)C1OC(OC2C(O)C(O)[C@@H](OC3C(C(=O)O)OC(OC4C(O)C(O)[C@@H](O)O[C@H]4C(=O)O)C(O)C3O)O[C@H]2C(=O)O)C(O)C(O)C1O. The van der Waals surface area contributed by atoms with Gasteiger partial charge < -0.3 is 105 Å². The quantitative estimate of drug-likeness (QED) is 0.0995. The van der Waals surface area contributed by atoms with Crippen LogP contribution in [0.2, 0.25) is 0 Å². The zero-order valence-corrected chi connectivity index (χ0v) is 24.3. The molecule has 0 aromatic rings. The summed E-state index contributed by atoms with van der Waals surface area (Å²) >= 11 is 0. The molecule has 0 amide bonds. The Labute approximate surface area is 271 Å². The van der Waals surface area contributed by atoms with E-state index in [2.05, 4.69) is 4.74 Å². The molecule has 14 N–H and O–H groups in total. The third-order valence-corrected chi connectivity index (χ3v) is 8.07. The van der Waals surface area contributed by atoms with Crippen molar-refractivity contribution in [3.63, 3.8) is 0 Å². The molecule has 0 saturated carbocycles. The largest absolute Gasteiger partial charge is 0.479 e. The average molecular weight is 723 g/mol. The van der Waals surface area contributed by atoms with Gasteiger partial charge in [0.05, 0.1) is 0 Å². The lowest BCUT2D eigenvalue weighted by Gasteiger charge is -2.47. The number of aliphatic hydroxyl groups is 10. The lowest BCUT2D eigenvalue weighted by molar-refractivity contribution is -0.378. The molecule has 25 heteroatoms. The van der Waals surface area contributed by atoms with Gasteiger partial charge in [-0.2, -0.15) is 0 Å². The molecule has 0 aromatic heterocycles. The Hall–Kier alpha value is -2.80. The molecule has 16 unspecified atom stereocenters. The molecule has 20 atom stereocenters. The number of carboxylic acids is 4. The molecule has 0 radical (unpaired) electrons. The number of ether oxygens (including phenoxy) is 7. The molecule has 4 aliphatic rings. The molecule has 0 spiro atoms. The maximum atomic E-state index is 12.1. The predicted octanol–water partition coefficient (Wildman–Crippen LogP) is -9.38. The van der Waals surface area contributed by atoms with Crippen molar-refractivity contribution in [1.82, 2.24) is 0 Å². The fourth-order valence-corrected chi connectivity index (χ4v) is 5.43. The first-order valence-electron chi connectivity index (χ1n) is 14.1. The molecule has 4 saturated heterocycles. The molecule has 4 fully saturated rings. The van der Waals surface area contributed by atoms with Gasteiger partial charge in [-0.15, -0.1) is 0 Å². The highest BCUT2D eigenvalue weighted by Crippen LogP contribution is 2.34. The Kier molecular flexibility index (Phi) is 12.1. The number of hydrogen-bond acceptors (Lipinski definition) is 21. The maximum absolute atomic E-state index is 12.1. The van der Waals surface area contributed by atoms with Gasteiger partial charge in [-0.05, 0) is 0 Å². The Morgan fingerprint density at radius 3 is 0.980 bits per heavy atom. The minimum absolute atomic E-state index is 1.84. The summed E-state index contributed by atoms with van der Waals surface area (Å²) in [6.45, 7) is 0. The van der Waals surface area contributed by atoms with Crippen LogP contribution in [0.25, 0.3) is 0 Å². The summed E-state index contributed by atoms with van der Waals surface area (Å²) in [5, 5.41) is 141. The van der Waals surface area contributed by atoms with Gasteiger partial charge in [0.15, 0.2) is 49.6 Å². The summed E-state index contributed by atoms with van der Waals surface area (Å²) < 4.78 is 35.3. The highest BCUT2D eigenvalue weighted by molar-refractivity contribution is 5.75. The molecule has 4 rings (SSSR count). The van der Waals surface area contributed by atoms with Crippen LogP contribution in [-0.2, 0) is 52.3 Å². The minimum Gasteiger partial charge on any atom is -0.479 e. The van der Waals surface area contributed by atoms with Crippen LogP contribution in [0.5, 0.6) is 0 Å². The standard InChI is InChI=1S/C24H34O25/c25-1-2(26)13(17(34)35)47-22(7(1)31)45-11-4(28)9(33)24(49-15(11)19(38)39)46-12-5(29)8(32)23(48-16(12)20(40)41)44-10-3(27)6(30)21(42)43-14(10)18(36)37/h1-16,21-33,42H,(H,34,35)(H,36,37)(H,38,39)(H,40,41)/t1?,2?,3?,4?,5?,6?,7?,8?,9?,10?,11?,12?,13?,14-,15-,16?,21+,22?,23?,24+/m1/s1. The van der Waals surface area contributed by atoms with E-state index in [0.29, 0.717) is 0 Å². The first-order chi connectivity index (χ1) is 22.8. The predicted molar refractivity (Wildman–Crippen MR) is 136 cm³/mol. The molecule has 280 valence electrons. The Morgan fingerprint density at radius 1 is 0.347 bits per heavy atom. The van der Waals surface area contributed by atoms with Gasteiger partial charge in [-0.1, -0.05) is 0 Å². The van der Waals surface area contributed by atoms with Gasteiger partial charge in [-0.3, -0.25) is 0 Å². The highest BCUT2D eigenvalue weighted by Gasteiger charge is 2.58. The monoisotopic (exact) mass is 722 g/mol. The Morgan fingerprint density at radius 2 is 0.633 bits per heavy atom. The zero-order valence-electron chi connectivity index (χ0n) is 24.3. The van der Waals surface area contributed by atoms with Gasteiger partial charge in [0, 0.05) is 0 Å². The van der Waals surface area contributed by atoms with Crippen LogP contribution in [0.4, 0.5) is 0 Å². The van der Waals surface area contributed by atoms with E-state index in [9.17, 15) is 90.7 Å². The second-order valence-corrected chi connectivity index (χ2v) is 11.3. The summed E-state index contributed by atoms with van der Waals surface area (Å²) in [4.78, 5) is 47.1. The van der Waals surface area contributed by atoms with E-state index < -0.39 is 147 Å². The van der Waals surface area contributed by atoms with Crippen molar-refractivity contribution >= 4 is 23.9 Å². The molecular weight excluding hydrogens is 688 g/mol. The van der Waals surface area contributed by atoms with Crippen molar-refractivity contribution in [3.8, 4) is 0 Å². The van der Waals surface area contributed by atoms with E-state index in [1.807, 2.05) is 0 Å². The minimum atomic E-state index is -2.43. The number of carboxylic acid groups (broad SMARTS) is 4. The van der Waals surface area contributed by atoms with Gasteiger partial charge in [0.25, 0.3) is 0 Å². The van der Waals surface area contributed by atoms with Crippen molar-refractivity contribution in [3.05, 3.63) is 0 Å². The first-order valence-corrected chi connectivity index (χ1v) is 14.1. The van der Waals surface area contributed by atoms with E-state index in [4.69, 9.17) is 28.4 Å². The molecular formula is C24H34O25. The van der Waals surface area contributed by atoms with Crippen molar-refractivity contribution in [2.45, 2.75) is 123 Å². The van der Waals surface area contributed by atoms with E-state index in [1.54, 1.807) is 0 Å². The van der Waals surface area contributed by atoms with Crippen LogP contribution in [0.15, 0.2) is 0 Å². The van der Waals surface area contributed by atoms with Crippen LogP contribution < -0.4 is 0 Å². The van der Waals surface area contributed by atoms with Crippen molar-refractivity contribution < 1.29 is 124 Å². The normalized spacial score (nSPS) is 49.2. The average Bonchev–Trinajstić information content (AvgIpc) is 3.03. The second-order valence-electron chi connectivity index (χ2n) is 11.3. The lowest BCUT2D eigenvalue weighted by Crippen LogP contribution is -2.68. The van der Waals surface area contributed by atoms with Crippen molar-refractivity contribution in [1.29, 1.82) is 0 Å². The zero-order chi connectivity index (χ0) is 36.8. The van der Waals surface area contributed by atoms with Gasteiger partial charge in [-0.25, -0.2) is 19.2 Å². The van der Waals surface area contributed by atoms with Crippen molar-refractivity contribution in [2.75, 3.05) is 0 Å². The van der Waals surface area contributed by atoms with E-state index >= 15 is 0 Å². The van der Waals surface area contributed by atoms with Crippen LogP contribution in [0.3, 0.4) is 0 Å². The second kappa shape index (κ2) is 15.2. The lowest BCUT2D eigenvalue weighted by atomic mass is 9.95. The van der Waals surface area contributed by atoms with Gasteiger partial charge in [0.1, 0.15) is 73.2 Å². The summed E-state index contributed by atoms with van der Waals surface area (Å²) in [5.74, 6) is -7.64. The molecule has 0 bridgehead atoms. The first kappa shape index (κ1) is 39.0. The molecule has 49 heavy (non-hydrogen) atoms. The summed E-state index contributed by atoms with van der Waals surface area (Å²) in [6.07, 6.45) is -45.8. The number of carbonyl (C=O) groups is 4. The molecule has 0 aromatic carbocycles. The number of aliphatic hydroxyl groups excluding tert-OH is 10. The smallest absolute Gasteiger partial charge is 0.335 e. The topological polar surface area (TPSA) is 416 Å². The number of aliphatic carboxylic acids is 4. The Balaban J connectivity index is 1.51. The van der Waals surface area contributed by atoms with E-state index in [0.717, 1.165) is 0 Å². The van der Waals surface area contributed by atoms with Crippen LogP contribution in [-0.4, -0.2) is 218 Å². The molecule has 0 aliphatic carbocycles.